The summed E-state index contributed by atoms with van der Waals surface area (Å²) in [6, 6.07) is 18.7. The first kappa shape index (κ1) is 55.1. The maximum atomic E-state index is 11.8. The summed E-state index contributed by atoms with van der Waals surface area (Å²) in [5.74, 6) is 1.31. The molecule has 0 saturated heterocycles. The molecular formula is C49H66BrN9O9S2Si. The van der Waals surface area contributed by atoms with Crippen LogP contribution in [0.3, 0.4) is 0 Å². The fraction of sp³-hybridized carbons (Fsp3) is 0.449. The van der Waals surface area contributed by atoms with Crippen LogP contribution < -0.4 is 20.5 Å². The Balaban J connectivity index is 0.000000182. The molecule has 2 aliphatic carbocycles. The number of nitrogens with two attached hydrogens (primary N) is 1. The third-order valence-electron chi connectivity index (χ3n) is 11.5. The average Bonchev–Trinajstić information content (AvgIpc) is 4.14. The van der Waals surface area contributed by atoms with Gasteiger partial charge in [0.2, 0.25) is 32.7 Å². The van der Waals surface area contributed by atoms with Crippen LogP contribution >= 0.6 is 15.9 Å². The molecule has 0 saturated carbocycles. The predicted molar refractivity (Wildman–Crippen MR) is 282 cm³/mol. The molecule has 0 aliphatic heterocycles. The molecule has 2 aliphatic rings. The SMILES string of the molecule is COCC(C)Oc1cc(-c2ccc3c(c2N)CCC3)ccn1.COCC(C)Oc1cc(-c2ccc3c(c2Nc2n[nH]c(S(C)(=O)=O)n2)CCC3)ccn1.C[Si](C)(C)CCOCn1nc(Br)cc1S(C)(=O)=O. The van der Waals surface area contributed by atoms with E-state index in [0.29, 0.717) is 36.2 Å². The molecule has 0 fully saturated rings. The molecule has 8 rings (SSSR count). The third kappa shape index (κ3) is 15.6. The summed E-state index contributed by atoms with van der Waals surface area (Å²) in [4.78, 5) is 12.7. The highest BCUT2D eigenvalue weighted by Crippen LogP contribution is 2.40. The Kier molecular flexibility index (Phi) is 19.0. The maximum absolute atomic E-state index is 11.8. The van der Waals surface area contributed by atoms with E-state index >= 15 is 0 Å². The van der Waals surface area contributed by atoms with E-state index in [0.717, 1.165) is 84.3 Å². The highest BCUT2D eigenvalue weighted by atomic mass is 79.9. The lowest BCUT2D eigenvalue weighted by atomic mass is 9.98. The van der Waals surface area contributed by atoms with Gasteiger partial charge in [-0.05, 0) is 120 Å². The van der Waals surface area contributed by atoms with Crippen molar-refractivity contribution in [2.75, 3.05) is 57.6 Å². The third-order valence-corrected chi connectivity index (χ3v) is 15.6. The molecule has 71 heavy (non-hydrogen) atoms. The number of nitrogen functional groups attached to an aromatic ring is 1. The van der Waals surface area contributed by atoms with E-state index in [1.54, 1.807) is 26.6 Å². The molecule has 18 nitrogen and oxygen atoms in total. The van der Waals surface area contributed by atoms with Crippen molar-refractivity contribution in [1.82, 2.24) is 34.9 Å². The lowest BCUT2D eigenvalue weighted by Crippen LogP contribution is -2.22. The van der Waals surface area contributed by atoms with Crippen molar-refractivity contribution in [1.29, 1.82) is 0 Å². The number of H-pyrrole nitrogens is 1. The summed E-state index contributed by atoms with van der Waals surface area (Å²) < 4.78 is 75.8. The normalized spacial score (nSPS) is 14.1. The van der Waals surface area contributed by atoms with E-state index in [4.69, 9.17) is 29.4 Å². The van der Waals surface area contributed by atoms with Gasteiger partial charge in [-0.2, -0.15) is 10.1 Å². The van der Waals surface area contributed by atoms with Crippen LogP contribution in [-0.2, 0) is 66.3 Å². The number of benzene rings is 2. The van der Waals surface area contributed by atoms with Gasteiger partial charge < -0.3 is 34.7 Å². The van der Waals surface area contributed by atoms with Crippen molar-refractivity contribution in [3.05, 3.63) is 93.8 Å². The molecule has 0 radical (unpaired) electrons. The number of halogens is 1. The van der Waals surface area contributed by atoms with Crippen molar-refractivity contribution in [2.24, 2.45) is 0 Å². The molecule has 0 bridgehead atoms. The molecule has 22 heteroatoms. The summed E-state index contributed by atoms with van der Waals surface area (Å²) in [6.07, 6.45) is 12.0. The number of anilines is 3. The van der Waals surface area contributed by atoms with Gasteiger partial charge in [-0.1, -0.05) is 43.9 Å². The second-order valence-corrected chi connectivity index (χ2v) is 29.1. The molecular weight excluding hydrogens is 1030 g/mol. The fourth-order valence-corrected chi connectivity index (χ4v) is 10.7. The number of hydrogen-bond donors (Lipinski definition) is 3. The van der Waals surface area contributed by atoms with Crippen molar-refractivity contribution in [2.45, 2.75) is 107 Å². The smallest absolute Gasteiger partial charge is 0.247 e. The quantitative estimate of drug-likeness (QED) is 0.0391. The summed E-state index contributed by atoms with van der Waals surface area (Å²) >= 11 is 3.17. The Hall–Kier alpha value is -5.23. The maximum Gasteiger partial charge on any atom is 0.247 e. The van der Waals surface area contributed by atoms with Gasteiger partial charge in [0.25, 0.3) is 0 Å². The van der Waals surface area contributed by atoms with Gasteiger partial charge in [-0.3, -0.25) is 0 Å². The zero-order chi connectivity index (χ0) is 51.5. The molecule has 2 atom stereocenters. The van der Waals surface area contributed by atoms with E-state index in [9.17, 15) is 16.8 Å². The van der Waals surface area contributed by atoms with Crippen molar-refractivity contribution < 1.29 is 40.5 Å². The van der Waals surface area contributed by atoms with Crippen LogP contribution in [0.25, 0.3) is 22.3 Å². The van der Waals surface area contributed by atoms with E-state index in [1.165, 1.54) is 39.4 Å². The van der Waals surface area contributed by atoms with Gasteiger partial charge in [0, 0.05) is 88.8 Å². The molecule has 4 N–H and O–H groups in total. The van der Waals surface area contributed by atoms with Gasteiger partial charge in [0.05, 0.1) is 18.9 Å². The largest absolute Gasteiger partial charge is 0.472 e. The molecule has 2 aromatic carbocycles. The number of aromatic nitrogens is 7. The average molecular weight is 1100 g/mol. The van der Waals surface area contributed by atoms with Crippen LogP contribution in [0, 0.1) is 0 Å². The van der Waals surface area contributed by atoms with Gasteiger partial charge in [-0.15, -0.1) is 5.10 Å². The number of hydrogen-bond acceptors (Lipinski definition) is 16. The number of nitrogens with zero attached hydrogens (tertiary/aromatic N) is 6. The number of rotatable bonds is 19. The highest BCUT2D eigenvalue weighted by molar-refractivity contribution is 9.10. The van der Waals surface area contributed by atoms with E-state index in [1.807, 2.05) is 44.2 Å². The van der Waals surface area contributed by atoms with Crippen LogP contribution in [0.15, 0.2) is 81.8 Å². The van der Waals surface area contributed by atoms with Crippen LogP contribution in [-0.4, -0.2) is 119 Å². The summed E-state index contributed by atoms with van der Waals surface area (Å²) in [5.41, 5.74) is 17.3. The monoisotopic (exact) mass is 1100 g/mol. The Morgan fingerprint density at radius 1 is 0.789 bits per heavy atom. The number of sulfone groups is 2. The summed E-state index contributed by atoms with van der Waals surface area (Å²) in [7, 11) is -4.58. The minimum Gasteiger partial charge on any atom is -0.472 e. The van der Waals surface area contributed by atoms with Crippen LogP contribution in [0.4, 0.5) is 17.3 Å². The van der Waals surface area contributed by atoms with Gasteiger partial charge in [0.15, 0.2) is 14.9 Å². The van der Waals surface area contributed by atoms with E-state index < -0.39 is 27.7 Å². The summed E-state index contributed by atoms with van der Waals surface area (Å²) in [6.45, 7) is 12.5. The zero-order valence-electron chi connectivity index (χ0n) is 41.9. The number of fused-ring (bicyclic) bond motifs is 2. The topological polar surface area (TPSA) is 238 Å². The molecule has 2 unspecified atom stereocenters. The first-order valence-corrected chi connectivity index (χ1v) is 31.6. The number of aromatic amines is 1. The number of methoxy groups -OCH3 is 2. The van der Waals surface area contributed by atoms with Crippen LogP contribution in [0.1, 0.15) is 48.9 Å². The molecule has 4 aromatic heterocycles. The molecule has 0 amide bonds. The van der Waals surface area contributed by atoms with Crippen molar-refractivity contribution >= 4 is 61.0 Å². The Labute approximate surface area is 426 Å². The van der Waals surface area contributed by atoms with Crippen molar-refractivity contribution in [3.8, 4) is 34.0 Å². The van der Waals surface area contributed by atoms with E-state index in [2.05, 4.69) is 89.3 Å². The minimum atomic E-state index is -3.47. The molecule has 0 spiro atoms. The molecule has 384 valence electrons. The van der Waals surface area contributed by atoms with Gasteiger partial charge in [0.1, 0.15) is 23.5 Å². The Morgan fingerprint density at radius 3 is 1.90 bits per heavy atom. The van der Waals surface area contributed by atoms with Gasteiger partial charge >= 0.3 is 0 Å². The number of aryl methyl sites for hydroxylation is 2. The standard InChI is InChI=1S/C21H25N5O4S.C18H22N2O2.C10H19BrN2O3SSi/c1-13(12-29-2)30-18-11-15(9-10-22-18)17-8-7-14-5-4-6-16(14)19(17)23-20-24-21(26-25-20)31(3,27)28;1-12(11-21-2)22-17-10-14(8-9-20-17)16-7-6-13-4-3-5-15(13)18(16)19;1-17(14,15)10-7-9(11)12-13(10)8-16-5-6-18(2,3)4/h7-11,13H,4-6,12H2,1-3H3,(H2,23,24,25,26);6-10,12H,3-5,11,19H2,1-2H3;7H,5-6,8H2,1-4H3. The second kappa shape index (κ2) is 24.5. The number of ether oxygens (including phenoxy) is 5. The Morgan fingerprint density at radius 2 is 1.35 bits per heavy atom. The zero-order valence-corrected chi connectivity index (χ0v) is 46.1. The summed E-state index contributed by atoms with van der Waals surface area (Å²) in [5, 5.41) is 13.8. The predicted octanol–water partition coefficient (Wildman–Crippen LogP) is 8.51. The van der Waals surface area contributed by atoms with Crippen LogP contribution in [0.5, 0.6) is 11.8 Å². The first-order chi connectivity index (χ1) is 33.6. The highest BCUT2D eigenvalue weighted by Gasteiger charge is 2.23. The minimum absolute atomic E-state index is 0.0369. The lowest BCUT2D eigenvalue weighted by molar-refractivity contribution is 0.0720. The van der Waals surface area contributed by atoms with Crippen LogP contribution in [0.2, 0.25) is 25.7 Å². The first-order valence-electron chi connectivity index (χ1n) is 23.3. The van der Waals surface area contributed by atoms with E-state index in [-0.39, 0.29) is 35.1 Å². The number of nitrogens with one attached hydrogen (secondary N) is 2. The number of pyridine rings is 2. The second-order valence-electron chi connectivity index (χ2n) is 18.8. The Bertz CT molecular complexity index is 2980. The molecule has 6 aromatic rings. The van der Waals surface area contributed by atoms with Gasteiger partial charge in [-0.25, -0.2) is 36.6 Å². The lowest BCUT2D eigenvalue weighted by Gasteiger charge is -2.17. The fourth-order valence-electron chi connectivity index (χ4n) is 8.10. The van der Waals surface area contributed by atoms with Crippen molar-refractivity contribution in [3.63, 3.8) is 0 Å². The molecule has 4 heterocycles.